The monoisotopic (exact) mass is 414 g/mol. The molecule has 2 aromatic carbocycles. The molecule has 0 fully saturated rings. The zero-order chi connectivity index (χ0) is 22.3. The van der Waals surface area contributed by atoms with E-state index in [2.05, 4.69) is 11.9 Å². The van der Waals surface area contributed by atoms with Crippen LogP contribution in [0.2, 0.25) is 0 Å². The Morgan fingerprint density at radius 2 is 1.70 bits per heavy atom. The van der Waals surface area contributed by atoms with Gasteiger partial charge in [0.25, 0.3) is 11.6 Å². The van der Waals surface area contributed by atoms with Gasteiger partial charge in [0.1, 0.15) is 0 Å². The fourth-order valence-electron chi connectivity index (χ4n) is 3.07. The van der Waals surface area contributed by atoms with Gasteiger partial charge in [-0.15, -0.1) is 0 Å². The van der Waals surface area contributed by atoms with E-state index in [0.717, 1.165) is 11.1 Å². The van der Waals surface area contributed by atoms with Gasteiger partial charge in [-0.2, -0.15) is 0 Å². The Bertz CT molecular complexity index is 955. The summed E-state index contributed by atoms with van der Waals surface area (Å²) in [7, 11) is 4.60. The first-order valence-electron chi connectivity index (χ1n) is 9.35. The third-order valence-electron chi connectivity index (χ3n) is 4.64. The number of carbonyl (C=O) groups is 1. The van der Waals surface area contributed by atoms with E-state index in [1.807, 2.05) is 6.07 Å². The van der Waals surface area contributed by atoms with E-state index in [-0.39, 0.29) is 23.6 Å². The minimum Gasteiger partial charge on any atom is -0.501 e. The van der Waals surface area contributed by atoms with Crippen LogP contribution in [0.25, 0.3) is 0 Å². The minimum atomic E-state index is -0.480. The quantitative estimate of drug-likeness (QED) is 0.362. The molecule has 0 spiro atoms. The van der Waals surface area contributed by atoms with Gasteiger partial charge >= 0.3 is 0 Å². The fraction of sp³-hybridized carbons (Fsp3) is 0.318. The predicted octanol–water partition coefficient (Wildman–Crippen LogP) is 3.66. The number of carbonyl (C=O) groups excluding carboxylic acids is 1. The largest absolute Gasteiger partial charge is 0.501 e. The molecule has 0 atom stereocenters. The number of allylic oxidation sites excluding steroid dienone is 1. The van der Waals surface area contributed by atoms with E-state index in [0.29, 0.717) is 35.8 Å². The van der Waals surface area contributed by atoms with Crippen LogP contribution < -0.4 is 14.8 Å². The smallest absolute Gasteiger partial charge is 0.273 e. The lowest BCUT2D eigenvalue weighted by atomic mass is 9.95. The maximum atomic E-state index is 12.1. The van der Waals surface area contributed by atoms with Crippen molar-refractivity contribution in [2.75, 3.05) is 27.9 Å². The molecule has 0 aliphatic carbocycles. The van der Waals surface area contributed by atoms with Crippen molar-refractivity contribution in [3.63, 3.8) is 0 Å². The summed E-state index contributed by atoms with van der Waals surface area (Å²) in [5.41, 5.74) is 2.25. The van der Waals surface area contributed by atoms with Gasteiger partial charge in [0, 0.05) is 36.6 Å². The molecule has 0 bridgehead atoms. The van der Waals surface area contributed by atoms with Crippen molar-refractivity contribution in [2.45, 2.75) is 19.8 Å². The molecule has 0 aliphatic rings. The number of ether oxygens (including phenoxy) is 3. The zero-order valence-electron chi connectivity index (χ0n) is 17.6. The standard InChI is InChI=1S/C22H26N2O6/c1-6-23-22(25)16-8-7-15(19(11-16)24(26)27)10-18-13-21(30-5)20(29-4)12-17(18)9-14(2)28-3/h7-8,11-13H,2,6,9-10H2,1,3-5H3,(H,23,25). The van der Waals surface area contributed by atoms with Crippen molar-refractivity contribution < 1.29 is 23.9 Å². The van der Waals surface area contributed by atoms with Crippen LogP contribution in [-0.2, 0) is 17.6 Å². The Hall–Kier alpha value is -3.55. The Balaban J connectivity index is 2.52. The highest BCUT2D eigenvalue weighted by Gasteiger charge is 2.20. The average Bonchev–Trinajstić information content (AvgIpc) is 2.74. The van der Waals surface area contributed by atoms with E-state index >= 15 is 0 Å². The summed E-state index contributed by atoms with van der Waals surface area (Å²) in [5, 5.41) is 14.3. The molecule has 1 N–H and O–H groups in total. The van der Waals surface area contributed by atoms with Crippen molar-refractivity contribution in [3.05, 3.63) is 75.0 Å². The Morgan fingerprint density at radius 3 is 2.23 bits per heavy atom. The molecular formula is C22H26N2O6. The number of nitro benzene ring substituents is 1. The number of hydrogen-bond donors (Lipinski definition) is 1. The molecule has 1 amide bonds. The molecule has 0 saturated heterocycles. The first-order chi connectivity index (χ1) is 14.3. The second-order valence-corrected chi connectivity index (χ2v) is 6.53. The summed E-state index contributed by atoms with van der Waals surface area (Å²) in [4.78, 5) is 23.3. The Labute approximate surface area is 175 Å². The highest BCUT2D eigenvalue weighted by atomic mass is 16.6. The molecule has 2 rings (SSSR count). The van der Waals surface area contributed by atoms with E-state index in [4.69, 9.17) is 14.2 Å². The molecule has 0 saturated carbocycles. The number of nitro groups is 1. The third-order valence-corrected chi connectivity index (χ3v) is 4.64. The molecule has 0 heterocycles. The number of nitrogens with zero attached hydrogens (tertiary/aromatic N) is 1. The van der Waals surface area contributed by atoms with Crippen LogP contribution in [0.5, 0.6) is 11.5 Å². The lowest BCUT2D eigenvalue weighted by molar-refractivity contribution is -0.385. The highest BCUT2D eigenvalue weighted by molar-refractivity contribution is 5.95. The zero-order valence-corrected chi connectivity index (χ0v) is 17.6. The molecule has 30 heavy (non-hydrogen) atoms. The van der Waals surface area contributed by atoms with Crippen LogP contribution in [0.3, 0.4) is 0 Å². The highest BCUT2D eigenvalue weighted by Crippen LogP contribution is 2.34. The number of amides is 1. The first-order valence-corrected chi connectivity index (χ1v) is 9.35. The topological polar surface area (TPSA) is 99.9 Å². The first kappa shape index (κ1) is 22.7. The van der Waals surface area contributed by atoms with Gasteiger partial charge in [0.15, 0.2) is 11.5 Å². The number of nitrogens with one attached hydrogen (secondary N) is 1. The van der Waals surface area contributed by atoms with Crippen molar-refractivity contribution in [1.82, 2.24) is 5.32 Å². The third kappa shape index (κ3) is 5.28. The lowest BCUT2D eigenvalue weighted by Gasteiger charge is -2.16. The van der Waals surface area contributed by atoms with E-state index in [9.17, 15) is 14.9 Å². The average molecular weight is 414 g/mol. The molecule has 8 nitrogen and oxygen atoms in total. The van der Waals surface area contributed by atoms with E-state index in [1.54, 1.807) is 25.1 Å². The van der Waals surface area contributed by atoms with Crippen LogP contribution >= 0.6 is 0 Å². The summed E-state index contributed by atoms with van der Waals surface area (Å²) < 4.78 is 16.0. The van der Waals surface area contributed by atoms with Crippen LogP contribution in [0, 0.1) is 10.1 Å². The number of methoxy groups -OCH3 is 3. The maximum absolute atomic E-state index is 12.1. The molecular weight excluding hydrogens is 388 g/mol. The summed E-state index contributed by atoms with van der Waals surface area (Å²) in [6.45, 7) is 6.08. The fourth-order valence-corrected chi connectivity index (χ4v) is 3.07. The van der Waals surface area contributed by atoms with Crippen LogP contribution in [0.1, 0.15) is 34.0 Å². The van der Waals surface area contributed by atoms with Crippen LogP contribution in [-0.4, -0.2) is 38.7 Å². The number of hydrogen-bond acceptors (Lipinski definition) is 6. The van der Waals surface area contributed by atoms with Crippen LogP contribution in [0.15, 0.2) is 42.7 Å². The summed E-state index contributed by atoms with van der Waals surface area (Å²) in [6, 6.07) is 8.09. The molecule has 0 aliphatic heterocycles. The molecule has 8 heteroatoms. The normalized spacial score (nSPS) is 10.3. The molecule has 0 aromatic heterocycles. The predicted molar refractivity (Wildman–Crippen MR) is 113 cm³/mol. The van der Waals surface area contributed by atoms with Gasteiger partial charge in [0.2, 0.25) is 0 Å². The lowest BCUT2D eigenvalue weighted by Crippen LogP contribution is -2.22. The number of benzene rings is 2. The van der Waals surface area contributed by atoms with Crippen molar-refractivity contribution in [3.8, 4) is 11.5 Å². The second kappa shape index (κ2) is 10.3. The number of rotatable bonds is 10. The van der Waals surface area contributed by atoms with Gasteiger partial charge in [-0.05, 0) is 36.2 Å². The summed E-state index contributed by atoms with van der Waals surface area (Å²) in [6.07, 6.45) is 0.676. The molecule has 0 radical (unpaired) electrons. The minimum absolute atomic E-state index is 0.120. The maximum Gasteiger partial charge on any atom is 0.273 e. The van der Waals surface area contributed by atoms with Crippen LogP contribution in [0.4, 0.5) is 5.69 Å². The van der Waals surface area contributed by atoms with Crippen molar-refractivity contribution >= 4 is 11.6 Å². The molecule has 160 valence electrons. The Kier molecular flexibility index (Phi) is 7.80. The second-order valence-electron chi connectivity index (χ2n) is 6.53. The van der Waals surface area contributed by atoms with Gasteiger partial charge in [0.05, 0.1) is 32.0 Å². The molecule has 2 aromatic rings. The van der Waals surface area contributed by atoms with Gasteiger partial charge in [-0.1, -0.05) is 12.6 Å². The van der Waals surface area contributed by atoms with E-state index < -0.39 is 4.92 Å². The van der Waals surface area contributed by atoms with Gasteiger partial charge in [-0.25, -0.2) is 0 Å². The van der Waals surface area contributed by atoms with Gasteiger partial charge in [-0.3, -0.25) is 14.9 Å². The summed E-state index contributed by atoms with van der Waals surface area (Å²) >= 11 is 0. The summed E-state index contributed by atoms with van der Waals surface area (Å²) in [5.74, 6) is 1.25. The SMILES string of the molecule is C=C(Cc1cc(OC)c(OC)cc1Cc1ccc(C(=O)NCC)cc1[N+](=O)[O-])OC. The molecule has 0 unspecified atom stereocenters. The van der Waals surface area contributed by atoms with Gasteiger partial charge < -0.3 is 19.5 Å². The van der Waals surface area contributed by atoms with E-state index in [1.165, 1.54) is 27.4 Å². The van der Waals surface area contributed by atoms with Crippen molar-refractivity contribution in [2.24, 2.45) is 0 Å². The Morgan fingerprint density at radius 1 is 1.07 bits per heavy atom. The van der Waals surface area contributed by atoms with Crippen molar-refractivity contribution in [1.29, 1.82) is 0 Å².